The van der Waals surface area contributed by atoms with E-state index in [0.717, 1.165) is 25.1 Å². The fourth-order valence-corrected chi connectivity index (χ4v) is 6.01. The number of aliphatic carboxylic acids is 1. The van der Waals surface area contributed by atoms with Gasteiger partial charge in [-0.05, 0) is 97.6 Å². The number of para-hydroxylation sites is 2. The zero-order chi connectivity index (χ0) is 40.7. The van der Waals surface area contributed by atoms with Crippen LogP contribution >= 0.6 is 12.6 Å². The van der Waals surface area contributed by atoms with Gasteiger partial charge in [0.15, 0.2) is 0 Å². The molecule has 2 atom stereocenters. The molecule has 1 amide bonds. The maximum Gasteiger partial charge on any atom is 0.326 e. The molecule has 0 aliphatic carbocycles. The van der Waals surface area contributed by atoms with Crippen LogP contribution in [-0.4, -0.2) is 82.6 Å². The summed E-state index contributed by atoms with van der Waals surface area (Å²) in [6.45, 7) is 6.16. The average molecular weight is 777 g/mol. The number of amides is 1. The zero-order valence-electron chi connectivity index (χ0n) is 32.9. The molecule has 0 spiro atoms. The number of allylic oxidation sites excluding steroid dienone is 1. The van der Waals surface area contributed by atoms with Crippen LogP contribution in [0.3, 0.4) is 0 Å². The van der Waals surface area contributed by atoms with Gasteiger partial charge in [-0.25, -0.2) is 4.79 Å². The van der Waals surface area contributed by atoms with Crippen molar-refractivity contribution in [2.24, 2.45) is 5.92 Å². The number of carbonyl (C=O) groups is 2. The van der Waals surface area contributed by atoms with Crippen LogP contribution in [0.25, 0.3) is 11.1 Å². The highest BCUT2D eigenvalue weighted by Crippen LogP contribution is 2.35. The fourth-order valence-electron chi connectivity index (χ4n) is 5.85. The van der Waals surface area contributed by atoms with E-state index in [0.29, 0.717) is 36.8 Å². The Morgan fingerprint density at radius 3 is 1.62 bits per heavy atom. The summed E-state index contributed by atoms with van der Waals surface area (Å²) in [7, 11) is 4.11. The monoisotopic (exact) mass is 776 g/mol. The summed E-state index contributed by atoms with van der Waals surface area (Å²) >= 11 is 4.03. The van der Waals surface area contributed by atoms with Gasteiger partial charge in [0.1, 0.15) is 29.9 Å². The lowest BCUT2D eigenvalue weighted by Gasteiger charge is -2.24. The van der Waals surface area contributed by atoms with E-state index in [4.69, 9.17) is 20.1 Å². The first-order valence-corrected chi connectivity index (χ1v) is 19.5. The lowest BCUT2D eigenvalue weighted by atomic mass is 9.88. The highest BCUT2D eigenvalue weighted by atomic mass is 32.1. The molecule has 1 fully saturated rings. The first-order chi connectivity index (χ1) is 27.0. The Balaban J connectivity index is 0.000000245. The number of carboxylic acid groups (broad SMARTS) is 1. The molecular weight excluding hydrogens is 721 g/mol. The van der Waals surface area contributed by atoms with Gasteiger partial charge in [-0.3, -0.25) is 4.79 Å². The molecule has 1 aliphatic rings. The minimum absolute atomic E-state index is 0.0927. The highest BCUT2D eigenvalue weighted by molar-refractivity contribution is 7.80. The quantitative estimate of drug-likeness (QED) is 0.0782. The molecule has 5 aromatic rings. The number of carboxylic acids is 1. The van der Waals surface area contributed by atoms with E-state index in [1.807, 2.05) is 12.1 Å². The van der Waals surface area contributed by atoms with Crippen LogP contribution in [0.5, 0.6) is 17.2 Å². The molecule has 8 nitrogen and oxygen atoms in total. The number of hydrogen-bond donors (Lipinski definition) is 4. The van der Waals surface area contributed by atoms with Crippen molar-refractivity contribution in [2.75, 3.05) is 39.5 Å². The van der Waals surface area contributed by atoms with Crippen molar-refractivity contribution in [1.29, 1.82) is 0 Å². The maximum atomic E-state index is 11.7. The molecule has 9 heteroatoms. The first-order valence-electron chi connectivity index (χ1n) is 18.9. The largest absolute Gasteiger partial charge is 0.508 e. The van der Waals surface area contributed by atoms with Crippen molar-refractivity contribution >= 4 is 35.7 Å². The molecule has 0 bridgehead atoms. The van der Waals surface area contributed by atoms with E-state index in [1.165, 1.54) is 32.7 Å². The number of hydrogen-bond acceptors (Lipinski definition) is 7. The van der Waals surface area contributed by atoms with Gasteiger partial charge >= 0.3 is 5.97 Å². The van der Waals surface area contributed by atoms with Crippen LogP contribution < -0.4 is 4.74 Å². The van der Waals surface area contributed by atoms with Gasteiger partial charge in [0.05, 0.1) is 0 Å². The summed E-state index contributed by atoms with van der Waals surface area (Å²) in [6.07, 6.45) is 2.32. The molecule has 296 valence electrons. The van der Waals surface area contributed by atoms with E-state index in [9.17, 15) is 9.59 Å². The summed E-state index contributed by atoms with van der Waals surface area (Å²) in [6, 6.07) is 46.6. The second-order valence-corrected chi connectivity index (χ2v) is 13.8. The minimum atomic E-state index is -0.901. The molecule has 1 heterocycles. The number of aromatic hydroxyl groups is 2. The molecule has 3 N–H and O–H groups in total. The Morgan fingerprint density at radius 2 is 1.21 bits per heavy atom. The zero-order valence-corrected chi connectivity index (χ0v) is 33.8. The normalized spacial score (nSPS) is 14.0. The highest BCUT2D eigenvalue weighted by Gasteiger charge is 2.35. The predicted octanol–water partition coefficient (Wildman–Crippen LogP) is 9.41. The smallest absolute Gasteiger partial charge is 0.326 e. The van der Waals surface area contributed by atoms with E-state index in [-0.39, 0.29) is 11.8 Å². The molecule has 1 aliphatic heterocycles. The van der Waals surface area contributed by atoms with Crippen molar-refractivity contribution in [3.8, 4) is 17.2 Å². The van der Waals surface area contributed by atoms with Crippen LogP contribution in [-0.2, 0) is 9.59 Å². The van der Waals surface area contributed by atoms with Gasteiger partial charge in [0.2, 0.25) is 5.91 Å². The van der Waals surface area contributed by atoms with Gasteiger partial charge in [0.25, 0.3) is 0 Å². The number of benzene rings is 5. The Hall–Kier alpha value is -5.51. The van der Waals surface area contributed by atoms with Crippen LogP contribution in [0.1, 0.15) is 49.8 Å². The molecule has 0 saturated carbocycles. The molecule has 0 unspecified atom stereocenters. The SMILES string of the molecule is CC/C(=C(\c1ccccc1)c1ccc(OCCN(C)C)cc1)c1ccccc1.C[C@H](CS)C(=O)N1CCC[C@H]1C(=O)O.Oc1ccccc1.Oc1ccccc1. The topological polar surface area (TPSA) is 111 Å². The third kappa shape index (κ3) is 15.3. The van der Waals surface area contributed by atoms with E-state index in [1.54, 1.807) is 55.5 Å². The van der Waals surface area contributed by atoms with Gasteiger partial charge < -0.3 is 29.9 Å². The number of phenols is 2. The Bertz CT molecular complexity index is 1840. The molecule has 1 saturated heterocycles. The summed E-state index contributed by atoms with van der Waals surface area (Å²) in [5.74, 6) is 0.827. The molecule has 0 radical (unpaired) electrons. The number of nitrogens with zero attached hydrogens (tertiary/aromatic N) is 2. The number of rotatable bonds is 11. The van der Waals surface area contributed by atoms with Crippen LogP contribution in [0, 0.1) is 5.92 Å². The van der Waals surface area contributed by atoms with Crippen molar-refractivity contribution in [3.63, 3.8) is 0 Å². The molecule has 56 heavy (non-hydrogen) atoms. The third-order valence-corrected chi connectivity index (χ3v) is 9.37. The van der Waals surface area contributed by atoms with Gasteiger partial charge in [-0.2, -0.15) is 12.6 Å². The predicted molar refractivity (Wildman–Crippen MR) is 231 cm³/mol. The number of likely N-dealkylation sites (tertiary alicyclic amines) is 1. The molecule has 6 rings (SSSR count). The summed E-state index contributed by atoms with van der Waals surface area (Å²) in [5.41, 5.74) is 6.37. The van der Waals surface area contributed by atoms with Crippen LogP contribution in [0.15, 0.2) is 146 Å². The Kier molecular flexibility index (Phi) is 19.9. The van der Waals surface area contributed by atoms with Crippen molar-refractivity contribution in [3.05, 3.63) is 162 Å². The van der Waals surface area contributed by atoms with E-state index >= 15 is 0 Å². The lowest BCUT2D eigenvalue weighted by Crippen LogP contribution is -2.43. The standard InChI is InChI=1S/C26H29NO.C9H15NO3S.2C6H6O/c1-4-25(21-11-7-5-8-12-21)26(22-13-9-6-10-14-22)23-15-17-24(18-16-23)28-20-19-27(2)3;1-6(5-14)8(11)10-4-2-3-7(10)9(12)13;2*7-6-4-2-1-3-5-6/h5-18H,4,19-20H2,1-3H3;6-7,14H,2-5H2,1H3,(H,12,13);2*1-5,7H/b26-25-;;;/t;6-,7+;;/m.1../s1. The van der Waals surface area contributed by atoms with Crippen LogP contribution in [0.4, 0.5) is 0 Å². The lowest BCUT2D eigenvalue weighted by molar-refractivity contribution is -0.149. The van der Waals surface area contributed by atoms with E-state index in [2.05, 4.69) is 123 Å². The minimum Gasteiger partial charge on any atom is -0.508 e. The van der Waals surface area contributed by atoms with Crippen molar-refractivity contribution in [2.45, 2.75) is 39.2 Å². The Labute approximate surface area is 338 Å². The van der Waals surface area contributed by atoms with Crippen molar-refractivity contribution < 1.29 is 29.6 Å². The third-order valence-electron chi connectivity index (χ3n) is 8.82. The summed E-state index contributed by atoms with van der Waals surface area (Å²) in [4.78, 5) is 26.1. The van der Waals surface area contributed by atoms with E-state index < -0.39 is 12.0 Å². The molecule has 0 aromatic heterocycles. The number of ether oxygens (including phenoxy) is 1. The second kappa shape index (κ2) is 24.8. The fraction of sp³-hybridized carbons (Fsp3) is 0.277. The number of phenolic OH excluding ortho intramolecular Hbond substituents is 2. The van der Waals surface area contributed by atoms with Crippen molar-refractivity contribution in [1.82, 2.24) is 9.80 Å². The van der Waals surface area contributed by atoms with Gasteiger partial charge in [0, 0.05) is 24.8 Å². The van der Waals surface area contributed by atoms with Gasteiger partial charge in [-0.1, -0.05) is 123 Å². The van der Waals surface area contributed by atoms with Gasteiger partial charge in [-0.15, -0.1) is 0 Å². The number of thiol groups is 1. The molecular formula is C47H56N2O6S. The summed E-state index contributed by atoms with van der Waals surface area (Å²) in [5, 5.41) is 26.1. The Morgan fingerprint density at radius 1 is 0.750 bits per heavy atom. The number of carbonyl (C=O) groups excluding carboxylic acids is 1. The maximum absolute atomic E-state index is 11.7. The second-order valence-electron chi connectivity index (χ2n) is 13.4. The summed E-state index contributed by atoms with van der Waals surface area (Å²) < 4.78 is 5.87. The average Bonchev–Trinajstić information content (AvgIpc) is 3.72. The van der Waals surface area contributed by atoms with Crippen LogP contribution in [0.2, 0.25) is 0 Å². The first kappa shape index (κ1) is 44.9. The molecule has 5 aromatic carbocycles. The number of likely N-dealkylation sites (N-methyl/N-ethyl adjacent to an activating group) is 1.